The highest BCUT2D eigenvalue weighted by molar-refractivity contribution is 6.04. The van der Waals surface area contributed by atoms with Gasteiger partial charge in [-0.1, -0.05) is 12.1 Å². The highest BCUT2D eigenvalue weighted by atomic mass is 16.6. The van der Waals surface area contributed by atoms with Crippen LogP contribution in [0.5, 0.6) is 0 Å². The number of hydrogen-bond acceptors (Lipinski definition) is 3. The number of anilines is 1. The normalized spacial score (nSPS) is 16.0. The molecule has 0 radical (unpaired) electrons. The molecular weight excluding hydrogens is 330 g/mol. The maximum atomic E-state index is 12.4. The van der Waals surface area contributed by atoms with Crippen LogP contribution in [0.1, 0.15) is 22.0 Å². The van der Waals surface area contributed by atoms with E-state index in [9.17, 15) is 9.59 Å². The molecule has 26 heavy (non-hydrogen) atoms. The number of ether oxygens (including phenoxy) is 1. The summed E-state index contributed by atoms with van der Waals surface area (Å²) in [5.74, 6) is -0.175. The highest BCUT2D eigenvalue weighted by Crippen LogP contribution is 2.22. The van der Waals surface area contributed by atoms with Crippen molar-refractivity contribution in [2.75, 3.05) is 11.9 Å². The van der Waals surface area contributed by atoms with Crippen LogP contribution in [-0.2, 0) is 4.74 Å². The molecule has 4 rings (SSSR count). The summed E-state index contributed by atoms with van der Waals surface area (Å²) in [6.07, 6.45) is 3.21. The fourth-order valence-corrected chi connectivity index (χ4v) is 2.85. The third-order valence-corrected chi connectivity index (χ3v) is 4.25. The zero-order valence-electron chi connectivity index (χ0n) is 13.9. The lowest BCUT2D eigenvalue weighted by molar-refractivity contribution is 0.102. The van der Waals surface area contributed by atoms with E-state index in [2.05, 4.69) is 10.6 Å². The molecule has 1 aromatic heterocycles. The van der Waals surface area contributed by atoms with Crippen molar-refractivity contribution in [3.8, 4) is 5.69 Å². The fraction of sp³-hybridized carbons (Fsp3) is 0.100. The van der Waals surface area contributed by atoms with Gasteiger partial charge in [-0.05, 0) is 54.1 Å². The van der Waals surface area contributed by atoms with Crippen molar-refractivity contribution in [2.24, 2.45) is 0 Å². The van der Waals surface area contributed by atoms with Crippen LogP contribution >= 0.6 is 0 Å². The van der Waals surface area contributed by atoms with Gasteiger partial charge in [-0.3, -0.25) is 4.79 Å². The first-order valence-corrected chi connectivity index (χ1v) is 8.28. The molecule has 6 heteroatoms. The summed E-state index contributed by atoms with van der Waals surface area (Å²) in [6.45, 7) is 0.457. The van der Waals surface area contributed by atoms with Crippen LogP contribution in [0.15, 0.2) is 73.1 Å². The molecule has 2 heterocycles. The van der Waals surface area contributed by atoms with Gasteiger partial charge in [-0.15, -0.1) is 0 Å². The predicted octanol–water partition coefficient (Wildman–Crippen LogP) is 3.51. The monoisotopic (exact) mass is 347 g/mol. The number of nitrogens with zero attached hydrogens (tertiary/aromatic N) is 1. The summed E-state index contributed by atoms with van der Waals surface area (Å²) in [7, 11) is 0. The van der Waals surface area contributed by atoms with E-state index in [1.807, 2.05) is 53.4 Å². The largest absolute Gasteiger partial charge is 0.439 e. The fourth-order valence-electron chi connectivity index (χ4n) is 2.85. The topological polar surface area (TPSA) is 72.4 Å². The van der Waals surface area contributed by atoms with Gasteiger partial charge in [-0.25, -0.2) is 4.79 Å². The Morgan fingerprint density at radius 3 is 2.35 bits per heavy atom. The van der Waals surface area contributed by atoms with Crippen molar-refractivity contribution in [3.63, 3.8) is 0 Å². The molecule has 1 saturated heterocycles. The molecule has 1 atom stereocenters. The summed E-state index contributed by atoms with van der Waals surface area (Å²) < 4.78 is 7.12. The third kappa shape index (κ3) is 3.30. The van der Waals surface area contributed by atoms with Crippen molar-refractivity contribution in [3.05, 3.63) is 84.2 Å². The maximum absolute atomic E-state index is 12.4. The molecular formula is C20H17N3O3. The van der Waals surface area contributed by atoms with Gasteiger partial charge in [0, 0.05) is 29.3 Å². The minimum absolute atomic E-state index is 0.175. The quantitative estimate of drug-likeness (QED) is 0.758. The molecule has 0 aliphatic carbocycles. The van der Waals surface area contributed by atoms with E-state index in [0.29, 0.717) is 17.8 Å². The van der Waals surface area contributed by atoms with Gasteiger partial charge in [0.1, 0.15) is 6.10 Å². The highest BCUT2D eigenvalue weighted by Gasteiger charge is 2.23. The number of hydrogen-bond donors (Lipinski definition) is 2. The molecule has 0 saturated carbocycles. The minimum atomic E-state index is -0.407. The van der Waals surface area contributed by atoms with Gasteiger partial charge in [0.25, 0.3) is 5.91 Å². The molecule has 1 unspecified atom stereocenters. The van der Waals surface area contributed by atoms with E-state index in [1.165, 1.54) is 0 Å². The molecule has 3 aromatic rings. The van der Waals surface area contributed by atoms with Crippen molar-refractivity contribution in [2.45, 2.75) is 6.10 Å². The van der Waals surface area contributed by atoms with Crippen LogP contribution in [0.3, 0.4) is 0 Å². The van der Waals surface area contributed by atoms with Gasteiger partial charge in [0.05, 0.1) is 6.54 Å². The summed E-state index contributed by atoms with van der Waals surface area (Å²) in [5.41, 5.74) is 3.15. The third-order valence-electron chi connectivity index (χ3n) is 4.25. The average molecular weight is 347 g/mol. The van der Waals surface area contributed by atoms with Crippen molar-refractivity contribution in [1.29, 1.82) is 0 Å². The van der Waals surface area contributed by atoms with Crippen LogP contribution in [-0.4, -0.2) is 23.1 Å². The van der Waals surface area contributed by atoms with Gasteiger partial charge < -0.3 is 19.9 Å². The first-order valence-electron chi connectivity index (χ1n) is 8.28. The van der Waals surface area contributed by atoms with Gasteiger partial charge in [0.2, 0.25) is 0 Å². The molecule has 6 nitrogen and oxygen atoms in total. The van der Waals surface area contributed by atoms with Crippen LogP contribution in [0.2, 0.25) is 0 Å². The Hall–Kier alpha value is -3.54. The van der Waals surface area contributed by atoms with Gasteiger partial charge >= 0.3 is 6.09 Å². The lowest BCUT2D eigenvalue weighted by Crippen LogP contribution is -2.13. The molecule has 130 valence electrons. The molecule has 0 bridgehead atoms. The number of amides is 2. The average Bonchev–Trinajstić information content (AvgIpc) is 3.34. The Morgan fingerprint density at radius 1 is 1.04 bits per heavy atom. The number of cyclic esters (lactones) is 1. The number of benzene rings is 2. The lowest BCUT2D eigenvalue weighted by atomic mass is 10.1. The van der Waals surface area contributed by atoms with E-state index in [-0.39, 0.29) is 12.0 Å². The molecule has 0 spiro atoms. The second-order valence-corrected chi connectivity index (χ2v) is 5.99. The molecule has 2 aromatic carbocycles. The number of carbonyl (C=O) groups is 2. The van der Waals surface area contributed by atoms with Crippen molar-refractivity contribution < 1.29 is 14.3 Å². The second-order valence-electron chi connectivity index (χ2n) is 5.99. The summed E-state index contributed by atoms with van der Waals surface area (Å²) in [6, 6.07) is 18.6. The van der Waals surface area contributed by atoms with Crippen LogP contribution in [0.4, 0.5) is 10.5 Å². The smallest absolute Gasteiger partial charge is 0.407 e. The first-order chi connectivity index (χ1) is 12.7. The van der Waals surface area contributed by atoms with Gasteiger partial charge in [0.15, 0.2) is 0 Å². The standard InChI is InChI=1S/C20H17N3O3/c24-19(15-5-9-17(10-6-15)23-11-1-2-12-23)22-16-7-3-14(4-8-16)18-13-21-20(25)26-18/h1-12,18H,13H2,(H,21,25)(H,22,24). The molecule has 1 aliphatic heterocycles. The Balaban J connectivity index is 1.42. The second kappa shape index (κ2) is 6.76. The van der Waals surface area contributed by atoms with E-state index < -0.39 is 6.09 Å². The van der Waals surface area contributed by atoms with E-state index >= 15 is 0 Å². The maximum Gasteiger partial charge on any atom is 0.407 e. The minimum Gasteiger partial charge on any atom is -0.439 e. The van der Waals surface area contributed by atoms with E-state index in [0.717, 1.165) is 11.3 Å². The number of carbonyl (C=O) groups excluding carboxylic acids is 2. The van der Waals surface area contributed by atoms with E-state index in [1.54, 1.807) is 24.3 Å². The first kappa shape index (κ1) is 16.0. The zero-order valence-corrected chi connectivity index (χ0v) is 13.9. The Kier molecular flexibility index (Phi) is 4.15. The van der Waals surface area contributed by atoms with Crippen LogP contribution < -0.4 is 10.6 Å². The summed E-state index contributed by atoms with van der Waals surface area (Å²) in [4.78, 5) is 23.5. The molecule has 2 N–H and O–H groups in total. The van der Waals surface area contributed by atoms with Crippen molar-refractivity contribution in [1.82, 2.24) is 9.88 Å². The summed E-state index contributed by atoms with van der Waals surface area (Å²) in [5, 5.41) is 5.49. The number of aromatic nitrogens is 1. The SMILES string of the molecule is O=C1NCC(c2ccc(NC(=O)c3ccc(-n4cccc4)cc3)cc2)O1. The Morgan fingerprint density at radius 2 is 1.73 bits per heavy atom. The van der Waals surface area contributed by atoms with Gasteiger partial charge in [-0.2, -0.15) is 0 Å². The number of alkyl carbamates (subject to hydrolysis) is 1. The Labute approximate surface area is 150 Å². The Bertz CT molecular complexity index is 916. The number of rotatable bonds is 4. The summed E-state index contributed by atoms with van der Waals surface area (Å²) >= 11 is 0. The van der Waals surface area contributed by atoms with Crippen LogP contribution in [0.25, 0.3) is 5.69 Å². The van der Waals surface area contributed by atoms with Crippen LogP contribution in [0, 0.1) is 0 Å². The zero-order chi connectivity index (χ0) is 17.9. The van der Waals surface area contributed by atoms with Crippen molar-refractivity contribution >= 4 is 17.7 Å². The lowest BCUT2D eigenvalue weighted by Gasteiger charge is -2.10. The molecule has 2 amide bonds. The number of nitrogens with one attached hydrogen (secondary N) is 2. The predicted molar refractivity (Wildman–Crippen MR) is 97.4 cm³/mol. The molecule has 1 aliphatic rings. The molecule has 1 fully saturated rings. The van der Waals surface area contributed by atoms with E-state index in [4.69, 9.17) is 4.74 Å².